The molecule has 0 aliphatic rings. The smallest absolute Gasteiger partial charge is 0.124 e. The van der Waals surface area contributed by atoms with E-state index in [-0.39, 0.29) is 5.60 Å². The molecule has 0 aromatic heterocycles. The number of hydrogen-bond donors (Lipinski definition) is 1. The van der Waals surface area contributed by atoms with Gasteiger partial charge in [-0.1, -0.05) is 13.0 Å². The molecule has 102 valence electrons. The molecule has 1 aromatic rings. The SMILES string of the molecule is CCC(C)(C)OCc1cc(C(C)O)ccc1OC. The van der Waals surface area contributed by atoms with Gasteiger partial charge in [0.25, 0.3) is 0 Å². The van der Waals surface area contributed by atoms with Crippen molar-refractivity contribution in [1.29, 1.82) is 0 Å². The summed E-state index contributed by atoms with van der Waals surface area (Å²) in [7, 11) is 1.64. The summed E-state index contributed by atoms with van der Waals surface area (Å²) >= 11 is 0. The second kappa shape index (κ2) is 6.21. The molecule has 1 rings (SSSR count). The van der Waals surface area contributed by atoms with E-state index in [1.54, 1.807) is 14.0 Å². The summed E-state index contributed by atoms with van der Waals surface area (Å²) in [4.78, 5) is 0. The Bertz CT molecular complexity index is 383. The standard InChI is InChI=1S/C15H24O3/c1-6-15(3,4)18-10-13-9-12(11(2)16)7-8-14(13)17-5/h7-9,11,16H,6,10H2,1-5H3. The van der Waals surface area contributed by atoms with Crippen molar-refractivity contribution in [2.24, 2.45) is 0 Å². The summed E-state index contributed by atoms with van der Waals surface area (Å²) in [6.45, 7) is 8.48. The van der Waals surface area contributed by atoms with Gasteiger partial charge in [0.2, 0.25) is 0 Å². The van der Waals surface area contributed by atoms with Gasteiger partial charge in [0.15, 0.2) is 0 Å². The van der Waals surface area contributed by atoms with Crippen molar-refractivity contribution in [3.63, 3.8) is 0 Å². The van der Waals surface area contributed by atoms with Gasteiger partial charge in [-0.05, 0) is 44.9 Å². The molecule has 0 radical (unpaired) electrons. The third-order valence-electron chi connectivity index (χ3n) is 3.26. The van der Waals surface area contributed by atoms with Crippen LogP contribution in [0, 0.1) is 0 Å². The molecule has 1 unspecified atom stereocenters. The maximum atomic E-state index is 9.60. The van der Waals surface area contributed by atoms with Crippen LogP contribution in [0.25, 0.3) is 0 Å². The average Bonchev–Trinajstić information content (AvgIpc) is 2.36. The van der Waals surface area contributed by atoms with Crippen molar-refractivity contribution in [2.75, 3.05) is 7.11 Å². The van der Waals surface area contributed by atoms with Crippen molar-refractivity contribution in [3.05, 3.63) is 29.3 Å². The largest absolute Gasteiger partial charge is 0.496 e. The zero-order chi connectivity index (χ0) is 13.8. The lowest BCUT2D eigenvalue weighted by Gasteiger charge is -2.24. The molecule has 1 atom stereocenters. The van der Waals surface area contributed by atoms with Crippen LogP contribution in [0.1, 0.15) is 51.3 Å². The fourth-order valence-corrected chi connectivity index (χ4v) is 1.55. The van der Waals surface area contributed by atoms with Crippen LogP contribution in [0.4, 0.5) is 0 Å². The predicted molar refractivity (Wildman–Crippen MR) is 72.8 cm³/mol. The monoisotopic (exact) mass is 252 g/mol. The Hall–Kier alpha value is -1.06. The van der Waals surface area contributed by atoms with Gasteiger partial charge in [0, 0.05) is 5.56 Å². The number of rotatable bonds is 6. The third-order valence-corrected chi connectivity index (χ3v) is 3.26. The van der Waals surface area contributed by atoms with E-state index in [1.807, 2.05) is 18.2 Å². The maximum Gasteiger partial charge on any atom is 0.124 e. The molecule has 18 heavy (non-hydrogen) atoms. The van der Waals surface area contributed by atoms with E-state index in [0.29, 0.717) is 6.61 Å². The van der Waals surface area contributed by atoms with Crippen LogP contribution in [0.15, 0.2) is 18.2 Å². The van der Waals surface area contributed by atoms with Gasteiger partial charge in [-0.3, -0.25) is 0 Å². The van der Waals surface area contributed by atoms with E-state index < -0.39 is 6.10 Å². The summed E-state index contributed by atoms with van der Waals surface area (Å²) in [5, 5.41) is 9.60. The number of benzene rings is 1. The van der Waals surface area contributed by atoms with Gasteiger partial charge in [0.1, 0.15) is 5.75 Å². The van der Waals surface area contributed by atoms with E-state index >= 15 is 0 Å². The topological polar surface area (TPSA) is 38.7 Å². The highest BCUT2D eigenvalue weighted by atomic mass is 16.5. The molecule has 0 saturated heterocycles. The molecule has 0 aliphatic carbocycles. The fourth-order valence-electron chi connectivity index (χ4n) is 1.55. The van der Waals surface area contributed by atoms with Crippen molar-refractivity contribution in [1.82, 2.24) is 0 Å². The van der Waals surface area contributed by atoms with Crippen LogP contribution in [0.2, 0.25) is 0 Å². The molecule has 0 bridgehead atoms. The van der Waals surface area contributed by atoms with Crippen LogP contribution in [0.3, 0.4) is 0 Å². The minimum absolute atomic E-state index is 0.147. The average molecular weight is 252 g/mol. The molecule has 0 amide bonds. The minimum Gasteiger partial charge on any atom is -0.496 e. The highest BCUT2D eigenvalue weighted by molar-refractivity contribution is 5.37. The first-order valence-corrected chi connectivity index (χ1v) is 6.38. The maximum absolute atomic E-state index is 9.60. The first-order valence-electron chi connectivity index (χ1n) is 6.38. The van der Waals surface area contributed by atoms with Crippen LogP contribution in [0.5, 0.6) is 5.75 Å². The Kier molecular flexibility index (Phi) is 5.17. The molecular formula is C15H24O3. The summed E-state index contributed by atoms with van der Waals surface area (Å²) in [6.07, 6.45) is 0.472. The van der Waals surface area contributed by atoms with E-state index in [2.05, 4.69) is 20.8 Å². The molecule has 3 nitrogen and oxygen atoms in total. The fraction of sp³-hybridized carbons (Fsp3) is 0.600. The summed E-state index contributed by atoms with van der Waals surface area (Å²) in [6, 6.07) is 5.69. The molecule has 3 heteroatoms. The second-order valence-corrected chi connectivity index (χ2v) is 5.15. The molecule has 0 saturated carbocycles. The Labute approximate surface area is 110 Å². The number of aliphatic hydroxyl groups is 1. The number of aliphatic hydroxyl groups excluding tert-OH is 1. The first kappa shape index (κ1) is 15.0. The summed E-state index contributed by atoms with van der Waals surface area (Å²) in [5.41, 5.74) is 1.70. The number of ether oxygens (including phenoxy) is 2. The lowest BCUT2D eigenvalue weighted by molar-refractivity contribution is -0.0322. The first-order chi connectivity index (χ1) is 8.39. The number of methoxy groups -OCH3 is 1. The van der Waals surface area contributed by atoms with Crippen LogP contribution in [-0.2, 0) is 11.3 Å². The van der Waals surface area contributed by atoms with Crippen LogP contribution >= 0.6 is 0 Å². The van der Waals surface area contributed by atoms with E-state index in [4.69, 9.17) is 9.47 Å². The zero-order valence-electron chi connectivity index (χ0n) is 12.0. The Morgan fingerprint density at radius 1 is 1.33 bits per heavy atom. The summed E-state index contributed by atoms with van der Waals surface area (Å²) < 4.78 is 11.2. The highest BCUT2D eigenvalue weighted by Crippen LogP contribution is 2.26. The van der Waals surface area contributed by atoms with Crippen molar-refractivity contribution >= 4 is 0 Å². The third kappa shape index (κ3) is 4.00. The zero-order valence-corrected chi connectivity index (χ0v) is 12.0. The predicted octanol–water partition coefficient (Wildman–Crippen LogP) is 3.45. The molecule has 0 spiro atoms. The molecule has 0 heterocycles. The quantitative estimate of drug-likeness (QED) is 0.842. The van der Waals surface area contributed by atoms with Gasteiger partial charge in [-0.25, -0.2) is 0 Å². The normalized spacial score (nSPS) is 13.4. The molecule has 0 aliphatic heterocycles. The van der Waals surface area contributed by atoms with Gasteiger partial charge in [-0.2, -0.15) is 0 Å². The van der Waals surface area contributed by atoms with E-state index in [0.717, 1.165) is 23.3 Å². The van der Waals surface area contributed by atoms with E-state index in [1.165, 1.54) is 0 Å². The lowest BCUT2D eigenvalue weighted by atomic mass is 10.0. The van der Waals surface area contributed by atoms with Crippen molar-refractivity contribution < 1.29 is 14.6 Å². The molecule has 0 fully saturated rings. The van der Waals surface area contributed by atoms with Crippen LogP contribution < -0.4 is 4.74 Å². The Morgan fingerprint density at radius 3 is 2.50 bits per heavy atom. The van der Waals surface area contributed by atoms with Gasteiger partial charge in [0.05, 0.1) is 25.4 Å². The van der Waals surface area contributed by atoms with Crippen molar-refractivity contribution in [2.45, 2.75) is 52.4 Å². The number of hydrogen-bond acceptors (Lipinski definition) is 3. The lowest BCUT2D eigenvalue weighted by Crippen LogP contribution is -2.22. The highest BCUT2D eigenvalue weighted by Gasteiger charge is 2.17. The molecule has 1 aromatic carbocycles. The summed E-state index contributed by atoms with van der Waals surface area (Å²) in [5.74, 6) is 0.798. The molecule has 1 N–H and O–H groups in total. The van der Waals surface area contributed by atoms with Crippen LogP contribution in [-0.4, -0.2) is 17.8 Å². The Morgan fingerprint density at radius 2 is 2.00 bits per heavy atom. The van der Waals surface area contributed by atoms with Gasteiger partial charge >= 0.3 is 0 Å². The van der Waals surface area contributed by atoms with Gasteiger partial charge in [-0.15, -0.1) is 0 Å². The molecular weight excluding hydrogens is 228 g/mol. The minimum atomic E-state index is -0.478. The van der Waals surface area contributed by atoms with Gasteiger partial charge < -0.3 is 14.6 Å². The Balaban J connectivity index is 2.88. The van der Waals surface area contributed by atoms with E-state index in [9.17, 15) is 5.11 Å². The van der Waals surface area contributed by atoms with Crippen molar-refractivity contribution in [3.8, 4) is 5.75 Å². The second-order valence-electron chi connectivity index (χ2n) is 5.15.